The fourth-order valence-electron chi connectivity index (χ4n) is 2.81. The van der Waals surface area contributed by atoms with Crippen LogP contribution < -0.4 is 0 Å². The lowest BCUT2D eigenvalue weighted by atomic mass is 9.97. The van der Waals surface area contributed by atoms with E-state index in [9.17, 15) is 4.79 Å². The smallest absolute Gasteiger partial charge is 0.151 e. The quantitative estimate of drug-likeness (QED) is 0.810. The van der Waals surface area contributed by atoms with Crippen LogP contribution in [0.4, 0.5) is 0 Å². The zero-order chi connectivity index (χ0) is 13.0. The molecule has 2 heteroatoms. The lowest BCUT2D eigenvalue weighted by molar-refractivity contribution is -0.122. The van der Waals surface area contributed by atoms with Crippen molar-refractivity contribution in [3.8, 4) is 0 Å². The van der Waals surface area contributed by atoms with Crippen LogP contribution in [-0.4, -0.2) is 23.8 Å². The average molecular weight is 245 g/mol. The van der Waals surface area contributed by atoms with E-state index in [1.807, 2.05) is 0 Å². The maximum absolute atomic E-state index is 12.0. The van der Waals surface area contributed by atoms with Crippen molar-refractivity contribution in [2.75, 3.05) is 13.1 Å². The Morgan fingerprint density at radius 1 is 1.17 bits per heavy atom. The Balaban J connectivity index is 2.20. The number of rotatable bonds is 4. The molecular weight excluding hydrogens is 222 g/mol. The van der Waals surface area contributed by atoms with Crippen LogP contribution in [0.15, 0.2) is 24.3 Å². The predicted molar refractivity (Wildman–Crippen MR) is 74.7 cm³/mol. The Hall–Kier alpha value is -1.15. The van der Waals surface area contributed by atoms with Crippen LogP contribution in [0.2, 0.25) is 0 Å². The predicted octanol–water partition coefficient (Wildman–Crippen LogP) is 3.37. The van der Waals surface area contributed by atoms with Crippen LogP contribution in [0, 0.1) is 0 Å². The zero-order valence-corrected chi connectivity index (χ0v) is 11.5. The molecule has 0 bridgehead atoms. The second kappa shape index (κ2) is 6.14. The van der Waals surface area contributed by atoms with Gasteiger partial charge in [-0.25, -0.2) is 0 Å². The van der Waals surface area contributed by atoms with Crippen molar-refractivity contribution in [1.29, 1.82) is 0 Å². The summed E-state index contributed by atoms with van der Waals surface area (Å²) in [5.74, 6) is 0.265. The third kappa shape index (κ3) is 2.99. The largest absolute Gasteiger partial charge is 0.298 e. The highest BCUT2D eigenvalue weighted by Crippen LogP contribution is 2.25. The lowest BCUT2D eigenvalue weighted by Crippen LogP contribution is -2.37. The van der Waals surface area contributed by atoms with Gasteiger partial charge in [-0.05, 0) is 50.4 Å². The molecule has 1 saturated heterocycles. The van der Waals surface area contributed by atoms with Gasteiger partial charge in [0.05, 0.1) is 6.04 Å². The van der Waals surface area contributed by atoms with Gasteiger partial charge in [-0.3, -0.25) is 9.69 Å². The number of hydrogen-bond donors (Lipinski definition) is 0. The van der Waals surface area contributed by atoms with Crippen LogP contribution in [-0.2, 0) is 11.2 Å². The van der Waals surface area contributed by atoms with E-state index < -0.39 is 0 Å². The molecule has 1 aromatic rings. The van der Waals surface area contributed by atoms with Crippen molar-refractivity contribution in [1.82, 2.24) is 4.90 Å². The summed E-state index contributed by atoms with van der Waals surface area (Å²) in [7, 11) is 0. The first kappa shape index (κ1) is 13.3. The topological polar surface area (TPSA) is 20.3 Å². The molecule has 0 amide bonds. The standard InChI is InChI=1S/C16H23NO/c1-3-14-7-9-15(10-8-14)16(13(2)18)17-11-5-4-6-12-17/h7-10,16H,3-6,11-12H2,1-2H3. The van der Waals surface area contributed by atoms with E-state index in [2.05, 4.69) is 36.1 Å². The molecule has 0 aromatic heterocycles. The van der Waals surface area contributed by atoms with Crippen LogP contribution in [0.5, 0.6) is 0 Å². The monoisotopic (exact) mass is 245 g/mol. The molecule has 0 N–H and O–H groups in total. The Morgan fingerprint density at radius 3 is 2.28 bits per heavy atom. The molecule has 0 spiro atoms. The molecule has 0 aliphatic carbocycles. The maximum atomic E-state index is 12.0. The van der Waals surface area contributed by atoms with Gasteiger partial charge >= 0.3 is 0 Å². The third-order valence-corrected chi connectivity index (χ3v) is 3.84. The van der Waals surface area contributed by atoms with Crippen molar-refractivity contribution in [2.45, 2.75) is 45.6 Å². The first-order chi connectivity index (χ1) is 8.72. The van der Waals surface area contributed by atoms with Gasteiger partial charge in [-0.1, -0.05) is 37.6 Å². The van der Waals surface area contributed by atoms with Gasteiger partial charge in [0, 0.05) is 0 Å². The Morgan fingerprint density at radius 2 is 1.78 bits per heavy atom. The van der Waals surface area contributed by atoms with E-state index in [0.717, 1.165) is 25.1 Å². The molecule has 0 radical (unpaired) electrons. The average Bonchev–Trinajstić information content (AvgIpc) is 2.40. The van der Waals surface area contributed by atoms with Gasteiger partial charge in [0.1, 0.15) is 0 Å². The SMILES string of the molecule is CCc1ccc(C(C(C)=O)N2CCCCC2)cc1. The molecule has 1 aromatic carbocycles. The van der Waals surface area contributed by atoms with Gasteiger partial charge in [-0.2, -0.15) is 0 Å². The fraction of sp³-hybridized carbons (Fsp3) is 0.562. The summed E-state index contributed by atoms with van der Waals surface area (Å²) in [5.41, 5.74) is 2.49. The summed E-state index contributed by atoms with van der Waals surface area (Å²) < 4.78 is 0. The van der Waals surface area contributed by atoms with Crippen molar-refractivity contribution >= 4 is 5.78 Å². The second-order valence-electron chi connectivity index (χ2n) is 5.20. The third-order valence-electron chi connectivity index (χ3n) is 3.84. The second-order valence-corrected chi connectivity index (χ2v) is 5.20. The molecule has 98 valence electrons. The molecule has 2 rings (SSSR count). The van der Waals surface area contributed by atoms with Crippen LogP contribution in [0.3, 0.4) is 0 Å². The number of carbonyl (C=O) groups is 1. The molecule has 1 fully saturated rings. The van der Waals surface area contributed by atoms with E-state index in [4.69, 9.17) is 0 Å². The molecule has 18 heavy (non-hydrogen) atoms. The maximum Gasteiger partial charge on any atom is 0.151 e. The van der Waals surface area contributed by atoms with E-state index in [0.29, 0.717) is 0 Å². The molecular formula is C16H23NO. The highest BCUT2D eigenvalue weighted by atomic mass is 16.1. The number of aryl methyl sites for hydroxylation is 1. The van der Waals surface area contributed by atoms with Gasteiger partial charge < -0.3 is 0 Å². The zero-order valence-electron chi connectivity index (χ0n) is 11.5. The molecule has 1 aliphatic rings. The van der Waals surface area contributed by atoms with Gasteiger partial charge in [0.2, 0.25) is 0 Å². The van der Waals surface area contributed by atoms with Crippen molar-refractivity contribution < 1.29 is 4.79 Å². The summed E-state index contributed by atoms with van der Waals surface area (Å²) in [4.78, 5) is 14.3. The number of piperidine rings is 1. The molecule has 2 nitrogen and oxygen atoms in total. The number of likely N-dealkylation sites (tertiary alicyclic amines) is 1. The Labute approximate surface area is 110 Å². The van der Waals surface area contributed by atoms with E-state index in [1.165, 1.54) is 24.8 Å². The van der Waals surface area contributed by atoms with Crippen molar-refractivity contribution in [3.63, 3.8) is 0 Å². The van der Waals surface area contributed by atoms with Crippen LogP contribution in [0.25, 0.3) is 0 Å². The summed E-state index contributed by atoms with van der Waals surface area (Å²) in [6, 6.07) is 8.51. The lowest BCUT2D eigenvalue weighted by Gasteiger charge is -2.33. The number of carbonyl (C=O) groups excluding carboxylic acids is 1. The van der Waals surface area contributed by atoms with Crippen molar-refractivity contribution in [2.24, 2.45) is 0 Å². The van der Waals surface area contributed by atoms with Crippen LogP contribution >= 0.6 is 0 Å². The minimum atomic E-state index is -0.0313. The molecule has 1 aliphatic heterocycles. The summed E-state index contributed by atoms with van der Waals surface area (Å²) in [6.07, 6.45) is 4.79. The normalized spacial score (nSPS) is 18.6. The van der Waals surface area contributed by atoms with Gasteiger partial charge in [-0.15, -0.1) is 0 Å². The highest BCUT2D eigenvalue weighted by Gasteiger charge is 2.25. The van der Waals surface area contributed by atoms with E-state index in [1.54, 1.807) is 6.92 Å². The van der Waals surface area contributed by atoms with Crippen LogP contribution in [0.1, 0.15) is 50.3 Å². The van der Waals surface area contributed by atoms with Gasteiger partial charge in [0.25, 0.3) is 0 Å². The van der Waals surface area contributed by atoms with Crippen molar-refractivity contribution in [3.05, 3.63) is 35.4 Å². The molecule has 1 atom stereocenters. The number of Topliss-reactive ketones (excluding diaryl/α,β-unsaturated/α-hetero) is 1. The first-order valence-corrected chi connectivity index (χ1v) is 7.05. The molecule has 1 unspecified atom stereocenters. The summed E-state index contributed by atoms with van der Waals surface area (Å²) in [6.45, 7) is 5.98. The molecule has 0 saturated carbocycles. The minimum Gasteiger partial charge on any atom is -0.298 e. The Kier molecular flexibility index (Phi) is 4.54. The highest BCUT2D eigenvalue weighted by molar-refractivity contribution is 5.82. The minimum absolute atomic E-state index is 0.0313. The van der Waals surface area contributed by atoms with E-state index >= 15 is 0 Å². The number of ketones is 1. The Bertz CT molecular complexity index is 390. The summed E-state index contributed by atoms with van der Waals surface area (Å²) >= 11 is 0. The number of hydrogen-bond acceptors (Lipinski definition) is 2. The van der Waals surface area contributed by atoms with E-state index in [-0.39, 0.29) is 11.8 Å². The van der Waals surface area contributed by atoms with Gasteiger partial charge in [0.15, 0.2) is 5.78 Å². The summed E-state index contributed by atoms with van der Waals surface area (Å²) in [5, 5.41) is 0. The number of nitrogens with zero attached hydrogens (tertiary/aromatic N) is 1. The fourth-order valence-corrected chi connectivity index (χ4v) is 2.81. The molecule has 1 heterocycles. The number of benzene rings is 1. The first-order valence-electron chi connectivity index (χ1n) is 7.05.